The smallest absolute Gasteiger partial charge is 0.257 e. The van der Waals surface area contributed by atoms with Gasteiger partial charge in [0.15, 0.2) is 0 Å². The number of carbonyl (C=O) groups is 1. The molecule has 5 heteroatoms. The molecule has 0 saturated carbocycles. The Bertz CT molecular complexity index is 459. The van der Waals surface area contributed by atoms with Gasteiger partial charge in [0.05, 0.1) is 18.9 Å². The number of hydrogen-bond acceptors (Lipinski definition) is 4. The van der Waals surface area contributed by atoms with Gasteiger partial charge in [-0.25, -0.2) is 0 Å². The van der Waals surface area contributed by atoms with Gasteiger partial charge in [-0.15, -0.1) is 0 Å². The molecule has 0 aromatic carbocycles. The SMILES string of the molecule is CCCN(CC1CCCCN1)C(=O)c1ccncc1OC. The first-order chi connectivity index (χ1) is 10.3. The fourth-order valence-corrected chi connectivity index (χ4v) is 2.78. The molecule has 5 nitrogen and oxygen atoms in total. The van der Waals surface area contributed by atoms with Crippen molar-refractivity contribution in [3.05, 3.63) is 24.0 Å². The van der Waals surface area contributed by atoms with E-state index in [1.807, 2.05) is 4.90 Å². The standard InChI is InChI=1S/C16H25N3O2/c1-3-10-19(12-13-6-4-5-8-18-13)16(20)14-7-9-17-11-15(14)21-2/h7,9,11,13,18H,3-6,8,10,12H2,1-2H3. The number of hydrogen-bond donors (Lipinski definition) is 1. The number of ether oxygens (including phenoxy) is 1. The van der Waals surface area contributed by atoms with Crippen LogP contribution in [0.4, 0.5) is 0 Å². The Kier molecular flexibility index (Phi) is 5.99. The van der Waals surface area contributed by atoms with Crippen LogP contribution in [0.2, 0.25) is 0 Å². The van der Waals surface area contributed by atoms with Crippen LogP contribution in [0.1, 0.15) is 43.0 Å². The normalized spacial score (nSPS) is 18.3. The number of carbonyl (C=O) groups excluding carboxylic acids is 1. The molecular weight excluding hydrogens is 266 g/mol. The quantitative estimate of drug-likeness (QED) is 0.872. The first kappa shape index (κ1) is 15.8. The topological polar surface area (TPSA) is 54.5 Å². The van der Waals surface area contributed by atoms with Gasteiger partial charge in [-0.3, -0.25) is 9.78 Å². The second-order valence-electron chi connectivity index (χ2n) is 5.47. The van der Waals surface area contributed by atoms with Crippen LogP contribution in [-0.2, 0) is 0 Å². The first-order valence-corrected chi connectivity index (χ1v) is 7.77. The summed E-state index contributed by atoms with van der Waals surface area (Å²) in [5.74, 6) is 0.573. The Hall–Kier alpha value is -1.62. The van der Waals surface area contributed by atoms with Crippen LogP contribution < -0.4 is 10.1 Å². The summed E-state index contributed by atoms with van der Waals surface area (Å²) >= 11 is 0. The van der Waals surface area contributed by atoms with Crippen LogP contribution in [0.15, 0.2) is 18.5 Å². The van der Waals surface area contributed by atoms with E-state index in [1.165, 1.54) is 12.8 Å². The van der Waals surface area contributed by atoms with E-state index in [1.54, 1.807) is 25.6 Å². The van der Waals surface area contributed by atoms with Crippen LogP contribution in [0.5, 0.6) is 5.75 Å². The molecule has 1 N–H and O–H groups in total. The Balaban J connectivity index is 2.10. The zero-order valence-electron chi connectivity index (χ0n) is 13.0. The third-order valence-electron chi connectivity index (χ3n) is 3.87. The van der Waals surface area contributed by atoms with Crippen molar-refractivity contribution in [1.29, 1.82) is 0 Å². The van der Waals surface area contributed by atoms with Gasteiger partial charge in [-0.05, 0) is 31.9 Å². The summed E-state index contributed by atoms with van der Waals surface area (Å²) in [5, 5.41) is 3.51. The lowest BCUT2D eigenvalue weighted by molar-refractivity contribution is 0.0728. The second-order valence-corrected chi connectivity index (χ2v) is 5.47. The van der Waals surface area contributed by atoms with Gasteiger partial charge < -0.3 is 15.0 Å². The van der Waals surface area contributed by atoms with E-state index in [2.05, 4.69) is 17.2 Å². The van der Waals surface area contributed by atoms with Gasteiger partial charge in [-0.1, -0.05) is 13.3 Å². The molecule has 1 aliphatic heterocycles. The van der Waals surface area contributed by atoms with E-state index < -0.39 is 0 Å². The molecule has 0 spiro atoms. The molecule has 1 amide bonds. The first-order valence-electron chi connectivity index (χ1n) is 7.77. The third kappa shape index (κ3) is 4.17. The van der Waals surface area contributed by atoms with E-state index in [-0.39, 0.29) is 5.91 Å². The molecule has 116 valence electrons. The molecule has 1 aromatic heterocycles. The molecule has 2 heterocycles. The summed E-state index contributed by atoms with van der Waals surface area (Å²) in [6, 6.07) is 2.14. The lowest BCUT2D eigenvalue weighted by atomic mass is 10.0. The highest BCUT2D eigenvalue weighted by Crippen LogP contribution is 2.19. The number of amides is 1. The fourth-order valence-electron chi connectivity index (χ4n) is 2.78. The Morgan fingerprint density at radius 2 is 2.38 bits per heavy atom. The van der Waals surface area contributed by atoms with Crippen LogP contribution in [-0.4, -0.2) is 48.6 Å². The lowest BCUT2D eigenvalue weighted by Gasteiger charge is -2.30. The Morgan fingerprint density at radius 1 is 1.52 bits per heavy atom. The molecular formula is C16H25N3O2. The van der Waals surface area contributed by atoms with Gasteiger partial charge in [-0.2, -0.15) is 0 Å². The highest BCUT2D eigenvalue weighted by molar-refractivity contribution is 5.96. The fraction of sp³-hybridized carbons (Fsp3) is 0.625. The van der Waals surface area contributed by atoms with Gasteiger partial charge in [0.1, 0.15) is 5.75 Å². The van der Waals surface area contributed by atoms with Crippen molar-refractivity contribution in [3.63, 3.8) is 0 Å². The average molecular weight is 291 g/mol. The number of nitrogens with zero attached hydrogens (tertiary/aromatic N) is 2. The summed E-state index contributed by atoms with van der Waals surface area (Å²) in [6.45, 7) is 4.68. The van der Waals surface area contributed by atoms with E-state index >= 15 is 0 Å². The molecule has 0 aliphatic carbocycles. The molecule has 2 rings (SSSR count). The maximum atomic E-state index is 12.8. The van der Waals surface area contributed by atoms with Crippen molar-refractivity contribution in [1.82, 2.24) is 15.2 Å². The molecule has 1 aliphatic rings. The van der Waals surface area contributed by atoms with E-state index in [0.717, 1.165) is 32.5 Å². The molecule has 0 bridgehead atoms. The summed E-state index contributed by atoms with van der Waals surface area (Å²) < 4.78 is 5.26. The highest BCUT2D eigenvalue weighted by atomic mass is 16.5. The van der Waals surface area contributed by atoms with Gasteiger partial charge in [0.2, 0.25) is 0 Å². The molecule has 1 unspecified atom stereocenters. The maximum absolute atomic E-state index is 12.8. The van der Waals surface area contributed by atoms with E-state index in [9.17, 15) is 4.79 Å². The van der Waals surface area contributed by atoms with Crippen LogP contribution in [0.25, 0.3) is 0 Å². The zero-order chi connectivity index (χ0) is 15.1. The van der Waals surface area contributed by atoms with Crippen LogP contribution >= 0.6 is 0 Å². The largest absolute Gasteiger partial charge is 0.494 e. The molecule has 1 saturated heterocycles. The monoisotopic (exact) mass is 291 g/mol. The number of piperidine rings is 1. The van der Waals surface area contributed by atoms with E-state index in [0.29, 0.717) is 17.4 Å². The zero-order valence-corrected chi connectivity index (χ0v) is 13.0. The Morgan fingerprint density at radius 3 is 3.05 bits per heavy atom. The summed E-state index contributed by atoms with van der Waals surface area (Å²) in [5.41, 5.74) is 0.594. The average Bonchev–Trinajstić information content (AvgIpc) is 2.54. The minimum Gasteiger partial charge on any atom is -0.494 e. The Labute approximate surface area is 126 Å². The highest BCUT2D eigenvalue weighted by Gasteiger charge is 2.23. The maximum Gasteiger partial charge on any atom is 0.257 e. The van der Waals surface area contributed by atoms with Crippen molar-refractivity contribution in [3.8, 4) is 5.75 Å². The minimum atomic E-state index is 0.0310. The summed E-state index contributed by atoms with van der Waals surface area (Å²) in [7, 11) is 1.57. The number of aromatic nitrogens is 1. The molecule has 1 atom stereocenters. The predicted octanol–water partition coefficient (Wildman–Crippen LogP) is 2.08. The number of pyridine rings is 1. The van der Waals surface area contributed by atoms with Crippen molar-refractivity contribution in [2.75, 3.05) is 26.7 Å². The minimum absolute atomic E-state index is 0.0310. The van der Waals surface area contributed by atoms with Crippen molar-refractivity contribution < 1.29 is 9.53 Å². The number of rotatable bonds is 6. The van der Waals surface area contributed by atoms with Gasteiger partial charge in [0.25, 0.3) is 5.91 Å². The van der Waals surface area contributed by atoms with Crippen LogP contribution in [0.3, 0.4) is 0 Å². The lowest BCUT2D eigenvalue weighted by Crippen LogP contribution is -2.46. The van der Waals surface area contributed by atoms with Crippen molar-refractivity contribution >= 4 is 5.91 Å². The van der Waals surface area contributed by atoms with Gasteiger partial charge in [0, 0.05) is 25.3 Å². The van der Waals surface area contributed by atoms with Crippen molar-refractivity contribution in [2.45, 2.75) is 38.6 Å². The van der Waals surface area contributed by atoms with Crippen LogP contribution in [0, 0.1) is 0 Å². The molecule has 1 aromatic rings. The summed E-state index contributed by atoms with van der Waals surface area (Å²) in [6.07, 6.45) is 7.79. The molecule has 0 radical (unpaired) electrons. The number of nitrogens with one attached hydrogen (secondary N) is 1. The van der Waals surface area contributed by atoms with Gasteiger partial charge >= 0.3 is 0 Å². The molecule has 21 heavy (non-hydrogen) atoms. The van der Waals surface area contributed by atoms with Crippen molar-refractivity contribution in [2.24, 2.45) is 0 Å². The third-order valence-corrected chi connectivity index (χ3v) is 3.87. The molecule has 1 fully saturated rings. The second kappa shape index (κ2) is 7.98. The predicted molar refractivity (Wildman–Crippen MR) is 82.6 cm³/mol. The summed E-state index contributed by atoms with van der Waals surface area (Å²) in [4.78, 5) is 18.7. The van der Waals surface area contributed by atoms with E-state index in [4.69, 9.17) is 4.74 Å². The number of methoxy groups -OCH3 is 1.